The lowest BCUT2D eigenvalue weighted by Gasteiger charge is -2.32. The summed E-state index contributed by atoms with van der Waals surface area (Å²) in [5.41, 5.74) is 1.55. The molecule has 0 radical (unpaired) electrons. The van der Waals surface area contributed by atoms with Crippen LogP contribution in [0.3, 0.4) is 0 Å². The Morgan fingerprint density at radius 2 is 1.19 bits per heavy atom. The minimum atomic E-state index is 0.646. The molecule has 0 aliphatic carbocycles. The summed E-state index contributed by atoms with van der Waals surface area (Å²) in [7, 11) is 0. The van der Waals surface area contributed by atoms with Crippen molar-refractivity contribution in [3.8, 4) is 0 Å². The standard InChI is InChI=1S/C26H52/c1-18(2)13-12-14-26(16-15-19(3)4)25(11)24(10)22(8)17-21(7)23(9)20(5)6/h18-24,26H,11-17H2,1-10H3. The van der Waals surface area contributed by atoms with Crippen LogP contribution in [0, 0.1) is 47.3 Å². The lowest BCUT2D eigenvalue weighted by atomic mass is 9.73. The molecule has 0 fully saturated rings. The fourth-order valence-corrected chi connectivity index (χ4v) is 4.22. The average Bonchev–Trinajstić information content (AvgIpc) is 2.54. The van der Waals surface area contributed by atoms with Crippen molar-refractivity contribution >= 4 is 0 Å². The van der Waals surface area contributed by atoms with Gasteiger partial charge in [-0.3, -0.25) is 0 Å². The highest BCUT2D eigenvalue weighted by Gasteiger charge is 2.25. The summed E-state index contributed by atoms with van der Waals surface area (Å²) in [6.07, 6.45) is 8.08. The fourth-order valence-electron chi connectivity index (χ4n) is 4.22. The van der Waals surface area contributed by atoms with Gasteiger partial charge in [0.2, 0.25) is 0 Å². The van der Waals surface area contributed by atoms with Crippen LogP contribution in [0.5, 0.6) is 0 Å². The molecule has 0 aliphatic heterocycles. The summed E-state index contributed by atoms with van der Waals surface area (Å²) in [6, 6.07) is 0. The lowest BCUT2D eigenvalue weighted by Crippen LogP contribution is -2.22. The second-order valence-electron chi connectivity index (χ2n) is 10.6. The average molecular weight is 365 g/mol. The van der Waals surface area contributed by atoms with Crippen molar-refractivity contribution in [3.05, 3.63) is 12.2 Å². The van der Waals surface area contributed by atoms with Crippen LogP contribution in [-0.2, 0) is 0 Å². The van der Waals surface area contributed by atoms with Gasteiger partial charge in [-0.15, -0.1) is 0 Å². The Kier molecular flexibility index (Phi) is 12.9. The van der Waals surface area contributed by atoms with Crippen molar-refractivity contribution in [2.24, 2.45) is 47.3 Å². The van der Waals surface area contributed by atoms with Crippen LogP contribution in [0.15, 0.2) is 12.2 Å². The minimum Gasteiger partial charge on any atom is -0.0993 e. The molecule has 26 heavy (non-hydrogen) atoms. The summed E-state index contributed by atoms with van der Waals surface area (Å²) >= 11 is 0. The maximum atomic E-state index is 4.64. The van der Waals surface area contributed by atoms with Gasteiger partial charge in [-0.05, 0) is 66.6 Å². The smallest absolute Gasteiger partial charge is 0.0203 e. The molecule has 0 aromatic heterocycles. The Bertz CT molecular complexity index is 362. The lowest BCUT2D eigenvalue weighted by molar-refractivity contribution is 0.227. The van der Waals surface area contributed by atoms with Gasteiger partial charge in [-0.1, -0.05) is 101 Å². The quantitative estimate of drug-likeness (QED) is 0.270. The Morgan fingerprint density at radius 1 is 0.654 bits per heavy atom. The second-order valence-corrected chi connectivity index (χ2v) is 10.6. The van der Waals surface area contributed by atoms with Crippen molar-refractivity contribution in [1.82, 2.24) is 0 Å². The van der Waals surface area contributed by atoms with E-state index in [0.717, 1.165) is 41.4 Å². The first-order valence-corrected chi connectivity index (χ1v) is 11.7. The second kappa shape index (κ2) is 13.0. The van der Waals surface area contributed by atoms with Crippen LogP contribution in [0.4, 0.5) is 0 Å². The highest BCUT2D eigenvalue weighted by molar-refractivity contribution is 5.06. The maximum Gasteiger partial charge on any atom is -0.0203 e. The molecule has 0 saturated carbocycles. The molecule has 5 unspecified atom stereocenters. The molecule has 0 bridgehead atoms. The molecule has 0 aromatic rings. The van der Waals surface area contributed by atoms with E-state index in [2.05, 4.69) is 75.8 Å². The zero-order valence-electron chi connectivity index (χ0n) is 20.1. The molecule has 0 heterocycles. The topological polar surface area (TPSA) is 0 Å². The van der Waals surface area contributed by atoms with E-state index in [1.54, 1.807) is 5.57 Å². The Labute approximate surface area is 167 Å². The van der Waals surface area contributed by atoms with Gasteiger partial charge in [0.15, 0.2) is 0 Å². The fraction of sp³-hybridized carbons (Fsp3) is 0.923. The molecular weight excluding hydrogens is 312 g/mol. The molecule has 0 aliphatic rings. The molecule has 5 atom stereocenters. The van der Waals surface area contributed by atoms with Crippen LogP contribution < -0.4 is 0 Å². The van der Waals surface area contributed by atoms with Gasteiger partial charge >= 0.3 is 0 Å². The monoisotopic (exact) mass is 364 g/mol. The minimum absolute atomic E-state index is 0.646. The summed E-state index contributed by atoms with van der Waals surface area (Å²) in [4.78, 5) is 0. The van der Waals surface area contributed by atoms with Gasteiger partial charge in [-0.2, -0.15) is 0 Å². The van der Waals surface area contributed by atoms with E-state index in [-0.39, 0.29) is 0 Å². The van der Waals surface area contributed by atoms with Crippen molar-refractivity contribution in [1.29, 1.82) is 0 Å². The van der Waals surface area contributed by atoms with E-state index in [1.165, 1.54) is 38.5 Å². The molecule has 0 aromatic carbocycles. The zero-order chi connectivity index (χ0) is 20.4. The molecule has 0 amide bonds. The third kappa shape index (κ3) is 10.2. The molecule has 0 saturated heterocycles. The largest absolute Gasteiger partial charge is 0.0993 e. The van der Waals surface area contributed by atoms with Gasteiger partial charge in [0.25, 0.3) is 0 Å². The van der Waals surface area contributed by atoms with Crippen molar-refractivity contribution in [2.45, 2.75) is 108 Å². The Balaban J connectivity index is 4.81. The van der Waals surface area contributed by atoms with E-state index in [4.69, 9.17) is 0 Å². The van der Waals surface area contributed by atoms with E-state index in [0.29, 0.717) is 5.92 Å². The summed E-state index contributed by atoms with van der Waals surface area (Å²) in [5, 5.41) is 0. The summed E-state index contributed by atoms with van der Waals surface area (Å²) in [6.45, 7) is 28.6. The van der Waals surface area contributed by atoms with Crippen LogP contribution in [0.25, 0.3) is 0 Å². The van der Waals surface area contributed by atoms with Crippen LogP contribution in [0.2, 0.25) is 0 Å². The predicted molar refractivity (Wildman–Crippen MR) is 122 cm³/mol. The predicted octanol–water partition coefficient (Wildman–Crippen LogP) is 9.01. The van der Waals surface area contributed by atoms with Crippen LogP contribution in [0.1, 0.15) is 108 Å². The van der Waals surface area contributed by atoms with Crippen LogP contribution >= 0.6 is 0 Å². The first-order chi connectivity index (χ1) is 12.0. The van der Waals surface area contributed by atoms with Gasteiger partial charge < -0.3 is 0 Å². The van der Waals surface area contributed by atoms with Gasteiger partial charge in [0.1, 0.15) is 0 Å². The highest BCUT2D eigenvalue weighted by atomic mass is 14.3. The highest BCUT2D eigenvalue weighted by Crippen LogP contribution is 2.36. The SMILES string of the molecule is C=C(C(CCCC(C)C)CCC(C)C)C(C)C(C)CC(C)C(C)C(C)C. The zero-order valence-corrected chi connectivity index (χ0v) is 20.1. The number of hydrogen-bond donors (Lipinski definition) is 0. The molecule has 0 N–H and O–H groups in total. The molecule has 0 spiro atoms. The van der Waals surface area contributed by atoms with E-state index in [1.807, 2.05) is 0 Å². The third-order valence-corrected chi connectivity index (χ3v) is 7.08. The molecule has 156 valence electrons. The number of rotatable bonds is 14. The number of allylic oxidation sites excluding steroid dienone is 1. The third-order valence-electron chi connectivity index (χ3n) is 7.08. The number of hydrogen-bond acceptors (Lipinski definition) is 0. The molecular formula is C26H52. The summed E-state index contributed by atoms with van der Waals surface area (Å²) in [5.74, 6) is 6.13. The normalized spacial score (nSPS) is 18.2. The van der Waals surface area contributed by atoms with Crippen molar-refractivity contribution in [3.63, 3.8) is 0 Å². The molecule has 0 rings (SSSR count). The first-order valence-electron chi connectivity index (χ1n) is 11.7. The molecule has 0 heteroatoms. The van der Waals surface area contributed by atoms with Crippen molar-refractivity contribution in [2.75, 3.05) is 0 Å². The maximum absolute atomic E-state index is 4.64. The van der Waals surface area contributed by atoms with Crippen molar-refractivity contribution < 1.29 is 0 Å². The Morgan fingerprint density at radius 3 is 1.65 bits per heavy atom. The van der Waals surface area contributed by atoms with Crippen LogP contribution in [-0.4, -0.2) is 0 Å². The summed E-state index contributed by atoms with van der Waals surface area (Å²) < 4.78 is 0. The van der Waals surface area contributed by atoms with E-state index in [9.17, 15) is 0 Å². The molecule has 0 nitrogen and oxygen atoms in total. The Hall–Kier alpha value is -0.260. The van der Waals surface area contributed by atoms with Gasteiger partial charge in [-0.25, -0.2) is 0 Å². The van der Waals surface area contributed by atoms with Gasteiger partial charge in [0.05, 0.1) is 0 Å². The van der Waals surface area contributed by atoms with Gasteiger partial charge in [0, 0.05) is 0 Å². The first kappa shape index (κ1) is 25.7. The van der Waals surface area contributed by atoms with E-state index < -0.39 is 0 Å². The van der Waals surface area contributed by atoms with E-state index >= 15 is 0 Å².